The Morgan fingerprint density at radius 3 is 1.97 bits per heavy atom. The second-order valence-electron chi connectivity index (χ2n) is 9.86. The lowest BCUT2D eigenvalue weighted by Gasteiger charge is -2.38. The van der Waals surface area contributed by atoms with Crippen molar-refractivity contribution in [1.29, 1.82) is 0 Å². The van der Waals surface area contributed by atoms with Gasteiger partial charge < -0.3 is 4.74 Å². The van der Waals surface area contributed by atoms with Crippen LogP contribution in [0.3, 0.4) is 0 Å². The Balaban J connectivity index is 1.25. The predicted molar refractivity (Wildman–Crippen MR) is 127 cm³/mol. The number of hydrogen-bond donors (Lipinski definition) is 0. The van der Waals surface area contributed by atoms with E-state index >= 15 is 0 Å². The van der Waals surface area contributed by atoms with Gasteiger partial charge >= 0.3 is 0 Å². The molecular weight excluding hydrogens is 364 g/mol. The minimum atomic E-state index is 0.547. The third kappa shape index (κ3) is 5.55. The van der Waals surface area contributed by atoms with Gasteiger partial charge in [-0.2, -0.15) is 0 Å². The van der Waals surface area contributed by atoms with Crippen molar-refractivity contribution in [2.24, 2.45) is 11.8 Å². The number of benzene rings is 2. The molecule has 2 aliphatic rings. The standard InChI is InChI=1S/C29H40O/c1-3-30-29-19-17-28(18-20-29)27-15-13-26(14-16-27)25-11-9-23(10-12-25)21-22(2)24-7-5-4-6-8-24/h4-12,22,26-29H,3,13-21H2,1-2H3/t22-,26?,27?,28?,29?/m1/s1. The fourth-order valence-electron chi connectivity index (χ4n) is 6.07. The van der Waals surface area contributed by atoms with Gasteiger partial charge in [-0.3, -0.25) is 0 Å². The maximum absolute atomic E-state index is 5.85. The summed E-state index contributed by atoms with van der Waals surface area (Å²) in [6.07, 6.45) is 12.7. The zero-order chi connectivity index (χ0) is 20.8. The van der Waals surface area contributed by atoms with Crippen LogP contribution in [0.25, 0.3) is 0 Å². The first-order valence-corrected chi connectivity index (χ1v) is 12.5. The van der Waals surface area contributed by atoms with Gasteiger partial charge in [-0.05, 0) is 105 Å². The summed E-state index contributed by atoms with van der Waals surface area (Å²) in [4.78, 5) is 0. The fourth-order valence-corrected chi connectivity index (χ4v) is 6.07. The van der Waals surface area contributed by atoms with E-state index in [9.17, 15) is 0 Å². The van der Waals surface area contributed by atoms with E-state index in [0.29, 0.717) is 12.0 Å². The van der Waals surface area contributed by atoms with Crippen molar-refractivity contribution < 1.29 is 4.74 Å². The molecule has 162 valence electrons. The Kier molecular flexibility index (Phi) is 7.66. The van der Waals surface area contributed by atoms with Crippen LogP contribution >= 0.6 is 0 Å². The van der Waals surface area contributed by atoms with E-state index in [1.54, 1.807) is 5.56 Å². The van der Waals surface area contributed by atoms with Gasteiger partial charge in [0.25, 0.3) is 0 Å². The number of ether oxygens (including phenoxy) is 1. The summed E-state index contributed by atoms with van der Waals surface area (Å²) in [5.74, 6) is 3.28. The van der Waals surface area contributed by atoms with E-state index < -0.39 is 0 Å². The van der Waals surface area contributed by atoms with Crippen molar-refractivity contribution in [3.05, 3.63) is 71.3 Å². The Hall–Kier alpha value is -1.60. The molecule has 0 N–H and O–H groups in total. The number of hydrogen-bond acceptors (Lipinski definition) is 1. The quantitative estimate of drug-likeness (QED) is 0.455. The van der Waals surface area contributed by atoms with Crippen LogP contribution in [0.2, 0.25) is 0 Å². The van der Waals surface area contributed by atoms with Crippen LogP contribution in [0, 0.1) is 11.8 Å². The fraction of sp³-hybridized carbons (Fsp3) is 0.586. The van der Waals surface area contributed by atoms with E-state index in [1.807, 2.05) is 0 Å². The highest BCUT2D eigenvalue weighted by Crippen LogP contribution is 2.43. The van der Waals surface area contributed by atoms with Gasteiger partial charge in [0.2, 0.25) is 0 Å². The summed E-state index contributed by atoms with van der Waals surface area (Å²) in [6, 6.07) is 20.5. The average Bonchev–Trinajstić information content (AvgIpc) is 2.81. The van der Waals surface area contributed by atoms with Crippen LogP contribution in [0.15, 0.2) is 54.6 Å². The lowest BCUT2D eigenvalue weighted by molar-refractivity contribution is 0.0146. The zero-order valence-corrected chi connectivity index (χ0v) is 19.1. The molecule has 0 radical (unpaired) electrons. The van der Waals surface area contributed by atoms with Gasteiger partial charge in [-0.1, -0.05) is 61.5 Å². The minimum absolute atomic E-state index is 0.547. The molecule has 4 rings (SSSR count). The smallest absolute Gasteiger partial charge is 0.0575 e. The molecule has 2 fully saturated rings. The summed E-state index contributed by atoms with van der Waals surface area (Å²) in [7, 11) is 0. The molecule has 0 saturated heterocycles. The Morgan fingerprint density at radius 1 is 0.767 bits per heavy atom. The molecule has 0 amide bonds. The third-order valence-electron chi connectivity index (χ3n) is 7.92. The highest BCUT2D eigenvalue weighted by molar-refractivity contribution is 5.28. The topological polar surface area (TPSA) is 9.23 Å². The van der Waals surface area contributed by atoms with E-state index in [-0.39, 0.29) is 0 Å². The Bertz CT molecular complexity index is 734. The highest BCUT2D eigenvalue weighted by Gasteiger charge is 2.31. The Labute approximate surface area is 184 Å². The lowest BCUT2D eigenvalue weighted by Crippen LogP contribution is -2.28. The monoisotopic (exact) mass is 404 g/mol. The molecule has 0 aliphatic heterocycles. The van der Waals surface area contributed by atoms with E-state index in [0.717, 1.165) is 30.8 Å². The number of rotatable bonds is 7. The molecule has 2 saturated carbocycles. The molecule has 30 heavy (non-hydrogen) atoms. The normalized spacial score (nSPS) is 28.2. The van der Waals surface area contributed by atoms with Crippen LogP contribution < -0.4 is 0 Å². The first-order chi connectivity index (χ1) is 14.7. The molecule has 1 heteroatoms. The van der Waals surface area contributed by atoms with Crippen molar-refractivity contribution in [1.82, 2.24) is 0 Å². The SMILES string of the molecule is CCOC1CCC(C2CCC(c3ccc(C[C@@H](C)c4ccccc4)cc3)CC2)CC1. The van der Waals surface area contributed by atoms with Crippen molar-refractivity contribution in [2.75, 3.05) is 6.61 Å². The summed E-state index contributed by atoms with van der Waals surface area (Å²) in [6.45, 7) is 5.35. The molecule has 1 atom stereocenters. The van der Waals surface area contributed by atoms with E-state index in [1.165, 1.54) is 62.5 Å². The second-order valence-corrected chi connectivity index (χ2v) is 9.86. The lowest BCUT2D eigenvalue weighted by atomic mass is 9.69. The Morgan fingerprint density at radius 2 is 1.37 bits per heavy atom. The molecule has 2 aliphatic carbocycles. The van der Waals surface area contributed by atoms with E-state index in [2.05, 4.69) is 68.4 Å². The third-order valence-corrected chi connectivity index (χ3v) is 7.92. The van der Waals surface area contributed by atoms with Crippen LogP contribution in [0.1, 0.15) is 93.7 Å². The first kappa shape index (κ1) is 21.6. The van der Waals surface area contributed by atoms with Crippen LogP contribution in [0.4, 0.5) is 0 Å². The summed E-state index contributed by atoms with van der Waals surface area (Å²) in [5, 5.41) is 0. The average molecular weight is 405 g/mol. The van der Waals surface area contributed by atoms with Crippen molar-refractivity contribution >= 4 is 0 Å². The van der Waals surface area contributed by atoms with Gasteiger partial charge in [0, 0.05) is 6.61 Å². The van der Waals surface area contributed by atoms with Gasteiger partial charge in [0.05, 0.1) is 6.10 Å². The minimum Gasteiger partial charge on any atom is -0.379 e. The van der Waals surface area contributed by atoms with Crippen LogP contribution in [-0.4, -0.2) is 12.7 Å². The highest BCUT2D eigenvalue weighted by atomic mass is 16.5. The van der Waals surface area contributed by atoms with Crippen molar-refractivity contribution in [3.63, 3.8) is 0 Å². The second kappa shape index (κ2) is 10.6. The summed E-state index contributed by atoms with van der Waals surface area (Å²) in [5.41, 5.74) is 4.48. The molecule has 2 aromatic carbocycles. The maximum atomic E-state index is 5.85. The largest absolute Gasteiger partial charge is 0.379 e. The van der Waals surface area contributed by atoms with Gasteiger partial charge in [0.1, 0.15) is 0 Å². The van der Waals surface area contributed by atoms with E-state index in [4.69, 9.17) is 4.74 Å². The predicted octanol–water partition coefficient (Wildman–Crippen LogP) is 7.90. The molecule has 0 spiro atoms. The van der Waals surface area contributed by atoms with Crippen molar-refractivity contribution in [3.8, 4) is 0 Å². The molecule has 0 unspecified atom stereocenters. The summed E-state index contributed by atoms with van der Waals surface area (Å²) < 4.78 is 5.85. The van der Waals surface area contributed by atoms with Crippen molar-refractivity contribution in [2.45, 2.75) is 89.6 Å². The van der Waals surface area contributed by atoms with Crippen LogP contribution in [-0.2, 0) is 11.2 Å². The maximum Gasteiger partial charge on any atom is 0.0575 e. The van der Waals surface area contributed by atoms with Gasteiger partial charge in [0.15, 0.2) is 0 Å². The van der Waals surface area contributed by atoms with Gasteiger partial charge in [-0.25, -0.2) is 0 Å². The van der Waals surface area contributed by atoms with Crippen LogP contribution in [0.5, 0.6) is 0 Å². The van der Waals surface area contributed by atoms with Gasteiger partial charge in [-0.15, -0.1) is 0 Å². The zero-order valence-electron chi connectivity index (χ0n) is 19.1. The molecule has 0 aromatic heterocycles. The molecular formula is C29H40O. The molecule has 2 aromatic rings. The summed E-state index contributed by atoms with van der Waals surface area (Å²) >= 11 is 0. The molecule has 1 nitrogen and oxygen atoms in total. The first-order valence-electron chi connectivity index (χ1n) is 12.5. The molecule has 0 bridgehead atoms. The molecule has 0 heterocycles.